The van der Waals surface area contributed by atoms with Crippen molar-refractivity contribution in [2.75, 3.05) is 27.7 Å². The van der Waals surface area contributed by atoms with E-state index < -0.39 is 0 Å². The zero-order valence-corrected chi connectivity index (χ0v) is 16.4. The first-order chi connectivity index (χ1) is 12.5. The van der Waals surface area contributed by atoms with Crippen molar-refractivity contribution in [3.8, 4) is 5.75 Å². The number of ether oxygens (including phenoxy) is 1. The predicted molar refractivity (Wildman–Crippen MR) is 107 cm³/mol. The van der Waals surface area contributed by atoms with Crippen molar-refractivity contribution < 1.29 is 4.74 Å². The van der Waals surface area contributed by atoms with Crippen LogP contribution in [0.1, 0.15) is 17.4 Å². The summed E-state index contributed by atoms with van der Waals surface area (Å²) in [6, 6.07) is 14.2. The Balaban J connectivity index is 1.80. The summed E-state index contributed by atoms with van der Waals surface area (Å²) in [6.07, 6.45) is 0. The Kier molecular flexibility index (Phi) is 5.81. The van der Waals surface area contributed by atoms with E-state index in [9.17, 15) is 0 Å². The largest absolute Gasteiger partial charge is 0.497 e. The lowest BCUT2D eigenvalue weighted by Crippen LogP contribution is -2.31. The second-order valence-corrected chi connectivity index (χ2v) is 7.13. The molecular weight excluding hydrogens is 348 g/mol. The molecule has 1 aromatic heterocycles. The van der Waals surface area contributed by atoms with Gasteiger partial charge >= 0.3 is 0 Å². The van der Waals surface area contributed by atoms with Gasteiger partial charge in [0.05, 0.1) is 24.7 Å². The fourth-order valence-corrected chi connectivity index (χ4v) is 3.25. The lowest BCUT2D eigenvalue weighted by atomic mass is 10.1. The third-order valence-corrected chi connectivity index (χ3v) is 4.74. The average molecular weight is 373 g/mol. The summed E-state index contributed by atoms with van der Waals surface area (Å²) < 4.78 is 7.37. The first-order valence-corrected chi connectivity index (χ1v) is 8.98. The molecule has 0 aliphatic rings. The first kappa shape index (κ1) is 18.7. The molecule has 2 aromatic carbocycles. The first-order valence-electron chi connectivity index (χ1n) is 8.61. The highest BCUT2D eigenvalue weighted by molar-refractivity contribution is 6.31. The Labute approximate surface area is 159 Å². The van der Waals surface area contributed by atoms with Crippen molar-refractivity contribution >= 4 is 22.6 Å². The normalized spacial score (nSPS) is 12.7. The summed E-state index contributed by atoms with van der Waals surface area (Å²) in [6.45, 7) is 1.56. The van der Waals surface area contributed by atoms with Crippen molar-refractivity contribution in [2.24, 2.45) is 7.05 Å². The van der Waals surface area contributed by atoms with Gasteiger partial charge in [0.2, 0.25) is 0 Å². The molecule has 0 bridgehead atoms. The molecule has 1 atom stereocenters. The van der Waals surface area contributed by atoms with Crippen molar-refractivity contribution in [3.63, 3.8) is 0 Å². The Bertz CT molecular complexity index is 873. The molecule has 3 rings (SSSR count). The molecule has 0 spiro atoms. The highest BCUT2D eigenvalue weighted by Crippen LogP contribution is 2.21. The van der Waals surface area contributed by atoms with E-state index in [0.29, 0.717) is 11.6 Å². The number of halogens is 1. The minimum Gasteiger partial charge on any atom is -0.497 e. The maximum absolute atomic E-state index is 6.09. The van der Waals surface area contributed by atoms with Crippen LogP contribution in [0.3, 0.4) is 0 Å². The molecule has 1 heterocycles. The highest BCUT2D eigenvalue weighted by Gasteiger charge is 2.15. The molecular formula is C20H25ClN4O. The van der Waals surface area contributed by atoms with Crippen LogP contribution >= 0.6 is 11.6 Å². The van der Waals surface area contributed by atoms with Gasteiger partial charge in [-0.2, -0.15) is 0 Å². The smallest absolute Gasteiger partial charge is 0.123 e. The molecule has 1 N–H and O–H groups in total. The predicted octanol–water partition coefficient (Wildman–Crippen LogP) is 3.63. The fraction of sp³-hybridized carbons (Fsp3) is 0.350. The minimum atomic E-state index is 0.194. The maximum atomic E-state index is 6.09. The number of nitrogens with one attached hydrogen (secondary N) is 1. The van der Waals surface area contributed by atoms with Crippen LogP contribution in [-0.2, 0) is 13.6 Å². The van der Waals surface area contributed by atoms with Crippen LogP contribution in [0.25, 0.3) is 11.0 Å². The van der Waals surface area contributed by atoms with Gasteiger partial charge in [0.25, 0.3) is 0 Å². The third kappa shape index (κ3) is 4.18. The number of nitrogens with zero attached hydrogens (tertiary/aromatic N) is 3. The molecule has 6 heteroatoms. The van der Waals surface area contributed by atoms with Gasteiger partial charge in [-0.3, -0.25) is 0 Å². The lowest BCUT2D eigenvalue weighted by Gasteiger charge is -2.23. The van der Waals surface area contributed by atoms with Gasteiger partial charge < -0.3 is 19.5 Å². The van der Waals surface area contributed by atoms with E-state index in [0.717, 1.165) is 29.2 Å². The Morgan fingerprint density at radius 2 is 1.92 bits per heavy atom. The topological polar surface area (TPSA) is 42.3 Å². The Morgan fingerprint density at radius 1 is 1.19 bits per heavy atom. The minimum absolute atomic E-state index is 0.194. The van der Waals surface area contributed by atoms with E-state index in [-0.39, 0.29) is 6.04 Å². The summed E-state index contributed by atoms with van der Waals surface area (Å²) in [5.74, 6) is 1.85. The van der Waals surface area contributed by atoms with Crippen LogP contribution in [-0.4, -0.2) is 42.2 Å². The van der Waals surface area contributed by atoms with Crippen LogP contribution in [0, 0.1) is 0 Å². The van der Waals surface area contributed by atoms with E-state index in [1.165, 1.54) is 5.56 Å². The number of aromatic nitrogens is 2. The average Bonchev–Trinajstić information content (AvgIpc) is 2.93. The number of benzene rings is 2. The van der Waals surface area contributed by atoms with Crippen molar-refractivity contribution in [1.82, 2.24) is 19.8 Å². The number of hydrogen-bond acceptors (Lipinski definition) is 4. The number of fused-ring (bicyclic) bond motifs is 1. The molecule has 0 radical (unpaired) electrons. The number of hydrogen-bond donors (Lipinski definition) is 1. The van der Waals surface area contributed by atoms with Crippen molar-refractivity contribution in [1.29, 1.82) is 0 Å². The SMILES string of the molecule is COc1ccc(C(CN(C)C)NCc2nc3cc(Cl)ccc3n2C)cc1. The summed E-state index contributed by atoms with van der Waals surface area (Å²) in [5, 5.41) is 4.35. The number of likely N-dealkylation sites (N-methyl/N-ethyl adjacent to an activating group) is 1. The lowest BCUT2D eigenvalue weighted by molar-refractivity contribution is 0.338. The summed E-state index contributed by atoms with van der Waals surface area (Å²) in [7, 11) is 7.88. The third-order valence-electron chi connectivity index (χ3n) is 4.51. The van der Waals surface area contributed by atoms with Gasteiger partial charge in [-0.25, -0.2) is 4.98 Å². The second kappa shape index (κ2) is 8.08. The Hall–Kier alpha value is -2.08. The monoisotopic (exact) mass is 372 g/mol. The highest BCUT2D eigenvalue weighted by atomic mass is 35.5. The number of methoxy groups -OCH3 is 1. The molecule has 1 unspecified atom stereocenters. The molecule has 5 nitrogen and oxygen atoms in total. The molecule has 0 amide bonds. The van der Waals surface area contributed by atoms with Gasteiger partial charge in [0, 0.05) is 24.7 Å². The maximum Gasteiger partial charge on any atom is 0.123 e. The second-order valence-electron chi connectivity index (χ2n) is 6.69. The van der Waals surface area contributed by atoms with E-state index in [1.54, 1.807) is 7.11 Å². The van der Waals surface area contributed by atoms with E-state index in [1.807, 2.05) is 37.4 Å². The molecule has 0 saturated carbocycles. The molecule has 0 saturated heterocycles. The van der Waals surface area contributed by atoms with Crippen molar-refractivity contribution in [3.05, 3.63) is 58.9 Å². The van der Waals surface area contributed by atoms with Crippen LogP contribution in [0.15, 0.2) is 42.5 Å². The molecule has 0 aliphatic heterocycles. The fourth-order valence-electron chi connectivity index (χ4n) is 3.08. The summed E-state index contributed by atoms with van der Waals surface area (Å²) >= 11 is 6.09. The number of imidazole rings is 1. The van der Waals surface area contributed by atoms with Gasteiger partial charge in [-0.15, -0.1) is 0 Å². The summed E-state index contributed by atoms with van der Waals surface area (Å²) in [4.78, 5) is 6.90. The standard InChI is InChI=1S/C20H25ClN4O/c1-24(2)13-18(14-5-8-16(26-4)9-6-14)22-12-20-23-17-11-15(21)7-10-19(17)25(20)3/h5-11,18,22H,12-13H2,1-4H3. The van der Waals surface area contributed by atoms with Crippen LogP contribution < -0.4 is 10.1 Å². The van der Waals surface area contributed by atoms with Gasteiger partial charge in [0.1, 0.15) is 11.6 Å². The molecule has 26 heavy (non-hydrogen) atoms. The van der Waals surface area contributed by atoms with Crippen LogP contribution in [0.2, 0.25) is 5.02 Å². The molecule has 0 aliphatic carbocycles. The van der Waals surface area contributed by atoms with Crippen LogP contribution in [0.4, 0.5) is 0 Å². The van der Waals surface area contributed by atoms with Crippen LogP contribution in [0.5, 0.6) is 5.75 Å². The zero-order valence-electron chi connectivity index (χ0n) is 15.7. The van der Waals surface area contributed by atoms with E-state index >= 15 is 0 Å². The Morgan fingerprint density at radius 3 is 2.58 bits per heavy atom. The van der Waals surface area contributed by atoms with Gasteiger partial charge in [-0.1, -0.05) is 23.7 Å². The molecule has 138 valence electrons. The molecule has 0 fully saturated rings. The number of rotatable bonds is 7. The van der Waals surface area contributed by atoms with E-state index in [4.69, 9.17) is 21.3 Å². The number of aryl methyl sites for hydroxylation is 1. The van der Waals surface area contributed by atoms with E-state index in [2.05, 4.69) is 41.0 Å². The van der Waals surface area contributed by atoms with Gasteiger partial charge in [0.15, 0.2) is 0 Å². The zero-order chi connectivity index (χ0) is 18.7. The molecule has 3 aromatic rings. The van der Waals surface area contributed by atoms with Crippen molar-refractivity contribution in [2.45, 2.75) is 12.6 Å². The summed E-state index contributed by atoms with van der Waals surface area (Å²) in [5.41, 5.74) is 3.23. The quantitative estimate of drug-likeness (QED) is 0.687. The van der Waals surface area contributed by atoms with Gasteiger partial charge in [-0.05, 0) is 50.0 Å².